The minimum atomic E-state index is 0. The molecule has 0 bridgehead atoms. The fourth-order valence-electron chi connectivity index (χ4n) is 2.38. The van der Waals surface area contributed by atoms with E-state index in [2.05, 4.69) is 58.5 Å². The number of likely N-dealkylation sites (N-methyl/N-ethyl adjacent to an activating group) is 1. The minimum Gasteiger partial charge on any atom is -0.361 e. The van der Waals surface area contributed by atoms with Gasteiger partial charge >= 0.3 is 0 Å². The minimum absolute atomic E-state index is 0. The Hall–Kier alpha value is -1.66. The van der Waals surface area contributed by atoms with Gasteiger partial charge in [0.15, 0.2) is 0 Å². The Morgan fingerprint density at radius 2 is 2.14 bits per heavy atom. The largest absolute Gasteiger partial charge is 0.361 e. The smallest absolute Gasteiger partial charge is 0.137 e. The average molecular weight is 350 g/mol. The van der Waals surface area contributed by atoms with Gasteiger partial charge in [-0.25, -0.2) is 9.67 Å². The number of H-pyrrole nitrogens is 1. The van der Waals surface area contributed by atoms with Crippen LogP contribution in [0.4, 0.5) is 0 Å². The molecule has 3 aromatic rings. The SMILES string of the molecule is Br.CN(C)CCc1c[nH]c2ccc(Cn3cncn3)cc12. The molecule has 0 radical (unpaired) electrons. The van der Waals surface area contributed by atoms with Crippen molar-refractivity contribution < 1.29 is 0 Å². The van der Waals surface area contributed by atoms with Crippen molar-refractivity contribution in [3.8, 4) is 0 Å². The van der Waals surface area contributed by atoms with Gasteiger partial charge in [0, 0.05) is 23.6 Å². The van der Waals surface area contributed by atoms with E-state index in [4.69, 9.17) is 0 Å². The van der Waals surface area contributed by atoms with Gasteiger partial charge in [0.2, 0.25) is 0 Å². The molecule has 2 heterocycles. The maximum absolute atomic E-state index is 4.15. The Labute approximate surface area is 134 Å². The third kappa shape index (κ3) is 3.71. The molecule has 0 unspecified atom stereocenters. The van der Waals surface area contributed by atoms with Gasteiger partial charge in [0.1, 0.15) is 12.7 Å². The van der Waals surface area contributed by atoms with Crippen LogP contribution in [-0.4, -0.2) is 45.3 Å². The normalized spacial score (nSPS) is 11.0. The Balaban J connectivity index is 0.00000161. The van der Waals surface area contributed by atoms with Crippen molar-refractivity contribution in [3.63, 3.8) is 0 Å². The molecule has 2 aromatic heterocycles. The van der Waals surface area contributed by atoms with Gasteiger partial charge in [-0.15, -0.1) is 17.0 Å². The molecule has 0 saturated carbocycles. The summed E-state index contributed by atoms with van der Waals surface area (Å²) in [6.07, 6.45) is 6.48. The number of rotatable bonds is 5. The number of nitrogens with one attached hydrogen (secondary N) is 1. The summed E-state index contributed by atoms with van der Waals surface area (Å²) in [6.45, 7) is 1.81. The summed E-state index contributed by atoms with van der Waals surface area (Å²) in [5.41, 5.74) is 3.81. The Bertz CT molecular complexity index is 687. The molecule has 5 nitrogen and oxygen atoms in total. The maximum Gasteiger partial charge on any atom is 0.137 e. The van der Waals surface area contributed by atoms with Gasteiger partial charge in [-0.1, -0.05) is 6.07 Å². The van der Waals surface area contributed by atoms with Crippen molar-refractivity contribution in [2.24, 2.45) is 0 Å². The molecule has 112 valence electrons. The van der Waals surface area contributed by atoms with Crippen LogP contribution in [0, 0.1) is 0 Å². The molecular formula is C15H20BrN5. The summed E-state index contributed by atoms with van der Waals surface area (Å²) >= 11 is 0. The lowest BCUT2D eigenvalue weighted by Crippen LogP contribution is -2.14. The summed E-state index contributed by atoms with van der Waals surface area (Å²) < 4.78 is 1.84. The molecule has 0 aliphatic rings. The molecule has 0 fully saturated rings. The number of nitrogens with zero attached hydrogens (tertiary/aromatic N) is 4. The van der Waals surface area contributed by atoms with Crippen molar-refractivity contribution in [2.45, 2.75) is 13.0 Å². The lowest BCUT2D eigenvalue weighted by atomic mass is 10.1. The zero-order valence-electron chi connectivity index (χ0n) is 12.3. The molecular weight excluding hydrogens is 330 g/mol. The van der Waals surface area contributed by atoms with Crippen LogP contribution in [0.5, 0.6) is 0 Å². The first-order valence-corrected chi connectivity index (χ1v) is 6.78. The van der Waals surface area contributed by atoms with E-state index in [0.29, 0.717) is 0 Å². The third-order valence-corrected chi connectivity index (χ3v) is 3.47. The van der Waals surface area contributed by atoms with Crippen molar-refractivity contribution in [3.05, 3.63) is 48.2 Å². The van der Waals surface area contributed by atoms with Gasteiger partial charge < -0.3 is 9.88 Å². The number of fused-ring (bicyclic) bond motifs is 1. The number of aromatic nitrogens is 4. The molecule has 0 aliphatic heterocycles. The van der Waals surface area contributed by atoms with Gasteiger partial charge in [-0.3, -0.25) is 0 Å². The molecule has 0 amide bonds. The van der Waals surface area contributed by atoms with E-state index in [1.807, 2.05) is 4.68 Å². The Kier molecular flexibility index (Phi) is 5.14. The summed E-state index contributed by atoms with van der Waals surface area (Å²) in [4.78, 5) is 9.53. The lowest BCUT2D eigenvalue weighted by Gasteiger charge is -2.08. The second-order valence-electron chi connectivity index (χ2n) is 5.34. The van der Waals surface area contributed by atoms with E-state index in [0.717, 1.165) is 19.5 Å². The van der Waals surface area contributed by atoms with Crippen LogP contribution < -0.4 is 0 Å². The second kappa shape index (κ2) is 6.87. The summed E-state index contributed by atoms with van der Waals surface area (Å²) in [7, 11) is 4.20. The molecule has 0 saturated heterocycles. The van der Waals surface area contributed by atoms with E-state index < -0.39 is 0 Å². The highest BCUT2D eigenvalue weighted by atomic mass is 79.9. The monoisotopic (exact) mass is 349 g/mol. The van der Waals surface area contributed by atoms with Gasteiger partial charge in [0.25, 0.3) is 0 Å². The van der Waals surface area contributed by atoms with Gasteiger partial charge in [-0.05, 0) is 43.8 Å². The van der Waals surface area contributed by atoms with E-state index in [1.165, 1.54) is 22.0 Å². The summed E-state index contributed by atoms with van der Waals surface area (Å²) in [6, 6.07) is 6.52. The van der Waals surface area contributed by atoms with Crippen LogP contribution in [0.25, 0.3) is 10.9 Å². The molecule has 6 heteroatoms. The highest BCUT2D eigenvalue weighted by Gasteiger charge is 2.06. The van der Waals surface area contributed by atoms with Crippen molar-refractivity contribution in [1.29, 1.82) is 0 Å². The topological polar surface area (TPSA) is 49.7 Å². The predicted octanol–water partition coefficient (Wildman–Crippen LogP) is 2.49. The van der Waals surface area contributed by atoms with Gasteiger partial charge in [0.05, 0.1) is 6.54 Å². The molecule has 3 rings (SSSR count). The quantitative estimate of drug-likeness (QED) is 0.769. The molecule has 0 atom stereocenters. The molecule has 1 aromatic carbocycles. The van der Waals surface area contributed by atoms with Crippen LogP contribution in [-0.2, 0) is 13.0 Å². The first kappa shape index (κ1) is 15.7. The van der Waals surface area contributed by atoms with Crippen LogP contribution in [0.2, 0.25) is 0 Å². The van der Waals surface area contributed by atoms with E-state index >= 15 is 0 Å². The number of halogens is 1. The average Bonchev–Trinajstić information content (AvgIpc) is 3.05. The van der Waals surface area contributed by atoms with Crippen molar-refractivity contribution in [2.75, 3.05) is 20.6 Å². The molecule has 1 N–H and O–H groups in total. The van der Waals surface area contributed by atoms with Gasteiger partial charge in [-0.2, -0.15) is 5.10 Å². The predicted molar refractivity (Wildman–Crippen MR) is 90.0 cm³/mol. The van der Waals surface area contributed by atoms with Crippen LogP contribution >= 0.6 is 17.0 Å². The maximum atomic E-state index is 4.15. The number of hydrogen-bond donors (Lipinski definition) is 1. The van der Waals surface area contributed by atoms with E-state index in [-0.39, 0.29) is 17.0 Å². The fourth-order valence-corrected chi connectivity index (χ4v) is 2.38. The zero-order chi connectivity index (χ0) is 13.9. The summed E-state index contributed by atoms with van der Waals surface area (Å²) in [5.74, 6) is 0. The third-order valence-electron chi connectivity index (χ3n) is 3.47. The van der Waals surface area contributed by atoms with Crippen molar-refractivity contribution >= 4 is 27.9 Å². The van der Waals surface area contributed by atoms with E-state index in [9.17, 15) is 0 Å². The fraction of sp³-hybridized carbons (Fsp3) is 0.333. The van der Waals surface area contributed by atoms with Crippen LogP contribution in [0.15, 0.2) is 37.1 Å². The molecule has 21 heavy (non-hydrogen) atoms. The standard InChI is InChI=1S/C15H19N5.BrH/c1-19(2)6-5-13-8-17-15-4-3-12(7-14(13)15)9-20-11-16-10-18-20;/h3-4,7-8,10-11,17H,5-6,9H2,1-2H3;1H. The Morgan fingerprint density at radius 3 is 2.86 bits per heavy atom. The second-order valence-corrected chi connectivity index (χ2v) is 5.34. The summed E-state index contributed by atoms with van der Waals surface area (Å²) in [5, 5.41) is 5.46. The molecule has 0 spiro atoms. The Morgan fingerprint density at radius 1 is 1.29 bits per heavy atom. The number of benzene rings is 1. The van der Waals surface area contributed by atoms with Crippen LogP contribution in [0.1, 0.15) is 11.1 Å². The van der Waals surface area contributed by atoms with Crippen LogP contribution in [0.3, 0.4) is 0 Å². The number of hydrogen-bond acceptors (Lipinski definition) is 3. The first-order chi connectivity index (χ1) is 9.72. The lowest BCUT2D eigenvalue weighted by molar-refractivity contribution is 0.414. The number of aromatic amines is 1. The first-order valence-electron chi connectivity index (χ1n) is 6.78. The highest BCUT2D eigenvalue weighted by Crippen LogP contribution is 2.21. The highest BCUT2D eigenvalue weighted by molar-refractivity contribution is 8.93. The zero-order valence-corrected chi connectivity index (χ0v) is 14.0. The van der Waals surface area contributed by atoms with E-state index in [1.54, 1.807) is 12.7 Å². The van der Waals surface area contributed by atoms with Crippen molar-refractivity contribution in [1.82, 2.24) is 24.6 Å². The molecule has 0 aliphatic carbocycles.